The lowest BCUT2D eigenvalue weighted by Crippen LogP contribution is -2.35. The largest absolute Gasteiger partial charge is 0.370 e. The van der Waals surface area contributed by atoms with E-state index in [1.165, 1.54) is 6.20 Å². The Bertz CT molecular complexity index is 569. The number of anilines is 1. The SMILES string of the molecule is CCCNc1ccc(C(=O)NC2CCS(=O)(=O)C2)cn1. The fraction of sp³-hybridized carbons (Fsp3) is 0.538. The third kappa shape index (κ3) is 3.93. The molecule has 0 saturated carbocycles. The number of carbonyl (C=O) groups is 1. The van der Waals surface area contributed by atoms with Gasteiger partial charge < -0.3 is 10.6 Å². The van der Waals surface area contributed by atoms with Gasteiger partial charge in [-0.3, -0.25) is 4.79 Å². The van der Waals surface area contributed by atoms with Crippen LogP contribution in [-0.2, 0) is 9.84 Å². The second-order valence-electron chi connectivity index (χ2n) is 4.93. The molecule has 1 saturated heterocycles. The number of nitrogens with zero attached hydrogens (tertiary/aromatic N) is 1. The molecule has 1 fully saturated rings. The molecular formula is C13H19N3O3S. The third-order valence-electron chi connectivity index (χ3n) is 3.15. The van der Waals surface area contributed by atoms with Crippen molar-refractivity contribution in [3.63, 3.8) is 0 Å². The van der Waals surface area contributed by atoms with Crippen LogP contribution in [0.2, 0.25) is 0 Å². The molecule has 6 nitrogen and oxygen atoms in total. The quantitative estimate of drug-likeness (QED) is 0.840. The van der Waals surface area contributed by atoms with Gasteiger partial charge in [-0.25, -0.2) is 13.4 Å². The topological polar surface area (TPSA) is 88.2 Å². The van der Waals surface area contributed by atoms with Crippen molar-refractivity contribution < 1.29 is 13.2 Å². The molecule has 0 radical (unpaired) electrons. The highest BCUT2D eigenvalue weighted by Crippen LogP contribution is 2.12. The maximum Gasteiger partial charge on any atom is 0.253 e. The first-order valence-corrected chi connectivity index (χ1v) is 8.53. The highest BCUT2D eigenvalue weighted by Gasteiger charge is 2.29. The van der Waals surface area contributed by atoms with E-state index in [2.05, 4.69) is 22.5 Å². The Hall–Kier alpha value is -1.63. The number of rotatable bonds is 5. The molecule has 2 heterocycles. The lowest BCUT2D eigenvalue weighted by molar-refractivity contribution is 0.0941. The summed E-state index contributed by atoms with van der Waals surface area (Å²) in [4.78, 5) is 16.1. The Balaban J connectivity index is 1.92. The zero-order chi connectivity index (χ0) is 14.6. The van der Waals surface area contributed by atoms with Crippen LogP contribution in [0, 0.1) is 0 Å². The molecule has 2 N–H and O–H groups in total. The maximum absolute atomic E-state index is 12.0. The van der Waals surface area contributed by atoms with Crippen molar-refractivity contribution in [2.75, 3.05) is 23.4 Å². The van der Waals surface area contributed by atoms with Crippen molar-refractivity contribution >= 4 is 21.6 Å². The number of aromatic nitrogens is 1. The Morgan fingerprint density at radius 2 is 2.25 bits per heavy atom. The number of carbonyl (C=O) groups excluding carboxylic acids is 1. The van der Waals surface area contributed by atoms with Gasteiger partial charge in [0.05, 0.1) is 17.1 Å². The average Bonchev–Trinajstić information content (AvgIpc) is 2.76. The molecule has 1 amide bonds. The van der Waals surface area contributed by atoms with Crippen LogP contribution < -0.4 is 10.6 Å². The molecule has 1 atom stereocenters. The Morgan fingerprint density at radius 1 is 1.45 bits per heavy atom. The normalized spacial score (nSPS) is 20.6. The predicted molar refractivity (Wildman–Crippen MR) is 77.5 cm³/mol. The van der Waals surface area contributed by atoms with Crippen molar-refractivity contribution in [1.29, 1.82) is 0 Å². The Morgan fingerprint density at radius 3 is 2.80 bits per heavy atom. The van der Waals surface area contributed by atoms with Gasteiger partial charge in [0.25, 0.3) is 5.91 Å². The molecule has 2 rings (SSSR count). The summed E-state index contributed by atoms with van der Waals surface area (Å²) in [6.45, 7) is 2.89. The summed E-state index contributed by atoms with van der Waals surface area (Å²) in [6, 6.07) is 3.14. The molecule has 0 aliphatic carbocycles. The number of nitrogens with one attached hydrogen (secondary N) is 2. The molecular weight excluding hydrogens is 278 g/mol. The summed E-state index contributed by atoms with van der Waals surface area (Å²) >= 11 is 0. The number of hydrogen-bond donors (Lipinski definition) is 2. The fourth-order valence-electron chi connectivity index (χ4n) is 2.06. The third-order valence-corrected chi connectivity index (χ3v) is 4.92. The van der Waals surface area contributed by atoms with Crippen LogP contribution in [-0.4, -0.2) is 43.4 Å². The van der Waals surface area contributed by atoms with Gasteiger partial charge in [0, 0.05) is 18.8 Å². The minimum Gasteiger partial charge on any atom is -0.370 e. The van der Waals surface area contributed by atoms with Crippen molar-refractivity contribution in [2.45, 2.75) is 25.8 Å². The van der Waals surface area contributed by atoms with E-state index in [1.54, 1.807) is 12.1 Å². The highest BCUT2D eigenvalue weighted by atomic mass is 32.2. The van der Waals surface area contributed by atoms with Crippen molar-refractivity contribution in [2.24, 2.45) is 0 Å². The van der Waals surface area contributed by atoms with Gasteiger partial charge in [0.15, 0.2) is 9.84 Å². The molecule has 0 spiro atoms. The van der Waals surface area contributed by atoms with E-state index in [0.717, 1.165) is 18.8 Å². The maximum atomic E-state index is 12.0. The fourth-order valence-corrected chi connectivity index (χ4v) is 3.74. The number of pyridine rings is 1. The number of hydrogen-bond acceptors (Lipinski definition) is 5. The lowest BCUT2D eigenvalue weighted by atomic mass is 10.2. The molecule has 0 aromatic carbocycles. The summed E-state index contributed by atoms with van der Waals surface area (Å²) in [7, 11) is -2.98. The van der Waals surface area contributed by atoms with Gasteiger partial charge in [0.1, 0.15) is 5.82 Å². The van der Waals surface area contributed by atoms with Crippen LogP contribution in [0.1, 0.15) is 30.1 Å². The molecule has 1 aromatic heterocycles. The molecule has 1 aliphatic rings. The van der Waals surface area contributed by atoms with Crippen LogP contribution in [0.4, 0.5) is 5.82 Å². The van der Waals surface area contributed by atoms with Crippen LogP contribution in [0.25, 0.3) is 0 Å². The van der Waals surface area contributed by atoms with E-state index in [4.69, 9.17) is 0 Å². The minimum absolute atomic E-state index is 0.0301. The zero-order valence-electron chi connectivity index (χ0n) is 11.4. The molecule has 20 heavy (non-hydrogen) atoms. The van der Waals surface area contributed by atoms with Gasteiger partial charge in [-0.2, -0.15) is 0 Å². The van der Waals surface area contributed by atoms with Gasteiger partial charge in [-0.15, -0.1) is 0 Å². The van der Waals surface area contributed by atoms with Gasteiger partial charge in [-0.05, 0) is 25.0 Å². The van der Waals surface area contributed by atoms with E-state index in [-0.39, 0.29) is 23.5 Å². The molecule has 1 unspecified atom stereocenters. The lowest BCUT2D eigenvalue weighted by Gasteiger charge is -2.11. The first-order chi connectivity index (χ1) is 9.50. The summed E-state index contributed by atoms with van der Waals surface area (Å²) in [6.07, 6.45) is 2.98. The van der Waals surface area contributed by atoms with E-state index in [1.807, 2.05) is 0 Å². The molecule has 110 valence electrons. The van der Waals surface area contributed by atoms with Crippen molar-refractivity contribution in [3.8, 4) is 0 Å². The first-order valence-electron chi connectivity index (χ1n) is 6.71. The standard InChI is InChI=1S/C13H19N3O3S/c1-2-6-14-12-4-3-10(8-15-12)13(17)16-11-5-7-20(18,19)9-11/h3-4,8,11H,2,5-7,9H2,1H3,(H,14,15)(H,16,17). The van der Waals surface area contributed by atoms with E-state index < -0.39 is 9.84 Å². The van der Waals surface area contributed by atoms with E-state index in [0.29, 0.717) is 12.0 Å². The summed E-state index contributed by atoms with van der Waals surface area (Å²) < 4.78 is 22.7. The minimum atomic E-state index is -2.98. The molecule has 7 heteroatoms. The van der Waals surface area contributed by atoms with Gasteiger partial charge >= 0.3 is 0 Å². The van der Waals surface area contributed by atoms with Crippen LogP contribution in [0.3, 0.4) is 0 Å². The van der Waals surface area contributed by atoms with Crippen molar-refractivity contribution in [1.82, 2.24) is 10.3 Å². The molecule has 0 bridgehead atoms. The van der Waals surface area contributed by atoms with Gasteiger partial charge in [0.2, 0.25) is 0 Å². The average molecular weight is 297 g/mol. The molecule has 1 aromatic rings. The first kappa shape index (κ1) is 14.8. The smallest absolute Gasteiger partial charge is 0.253 e. The van der Waals surface area contributed by atoms with Crippen LogP contribution >= 0.6 is 0 Å². The summed E-state index contributed by atoms with van der Waals surface area (Å²) in [5, 5.41) is 5.86. The Labute approximate surface area is 118 Å². The van der Waals surface area contributed by atoms with E-state index in [9.17, 15) is 13.2 Å². The number of amides is 1. The summed E-state index contributed by atoms with van der Waals surface area (Å²) in [5.74, 6) is 0.631. The zero-order valence-corrected chi connectivity index (χ0v) is 12.2. The monoisotopic (exact) mass is 297 g/mol. The Kier molecular flexibility index (Phi) is 4.59. The second-order valence-corrected chi connectivity index (χ2v) is 7.16. The van der Waals surface area contributed by atoms with Crippen LogP contribution in [0.5, 0.6) is 0 Å². The molecule has 1 aliphatic heterocycles. The van der Waals surface area contributed by atoms with Gasteiger partial charge in [-0.1, -0.05) is 6.92 Å². The highest BCUT2D eigenvalue weighted by molar-refractivity contribution is 7.91. The summed E-state index contributed by atoms with van der Waals surface area (Å²) in [5.41, 5.74) is 0.441. The van der Waals surface area contributed by atoms with E-state index >= 15 is 0 Å². The van der Waals surface area contributed by atoms with Crippen LogP contribution in [0.15, 0.2) is 18.3 Å². The predicted octanol–water partition coefficient (Wildman–Crippen LogP) is 0.820. The number of sulfone groups is 1. The van der Waals surface area contributed by atoms with Crippen molar-refractivity contribution in [3.05, 3.63) is 23.9 Å². The second kappa shape index (κ2) is 6.21.